The van der Waals surface area contributed by atoms with E-state index in [0.29, 0.717) is 12.2 Å². The Bertz CT molecular complexity index is 568. The van der Waals surface area contributed by atoms with Gasteiger partial charge in [-0.3, -0.25) is 9.69 Å². The molecule has 1 aromatic carbocycles. The summed E-state index contributed by atoms with van der Waals surface area (Å²) in [4.78, 5) is 24.6. The zero-order valence-electron chi connectivity index (χ0n) is 13.3. The SMILES string of the molecule is CCN(CC(=O)O)C1CC(NC(=O)Nc2cc(C)cc(F)c2)C1. The summed E-state index contributed by atoms with van der Waals surface area (Å²) in [5, 5.41) is 14.3. The fourth-order valence-electron chi connectivity index (χ4n) is 2.84. The van der Waals surface area contributed by atoms with Gasteiger partial charge in [0.25, 0.3) is 0 Å². The molecule has 23 heavy (non-hydrogen) atoms. The number of rotatable bonds is 6. The van der Waals surface area contributed by atoms with E-state index in [0.717, 1.165) is 18.4 Å². The van der Waals surface area contributed by atoms with Crippen molar-refractivity contribution in [3.8, 4) is 0 Å². The molecule has 0 aliphatic heterocycles. The number of nitrogens with zero attached hydrogens (tertiary/aromatic N) is 1. The third kappa shape index (κ3) is 4.92. The van der Waals surface area contributed by atoms with Crippen molar-refractivity contribution in [1.29, 1.82) is 0 Å². The number of likely N-dealkylation sites (N-methyl/N-ethyl adjacent to an activating group) is 1. The van der Waals surface area contributed by atoms with Crippen LogP contribution in [0.4, 0.5) is 14.9 Å². The van der Waals surface area contributed by atoms with Crippen molar-refractivity contribution in [2.45, 2.75) is 38.8 Å². The number of carbonyl (C=O) groups is 2. The molecule has 7 heteroatoms. The van der Waals surface area contributed by atoms with Crippen LogP contribution in [0.1, 0.15) is 25.3 Å². The number of aryl methyl sites for hydroxylation is 1. The van der Waals surface area contributed by atoms with Crippen molar-refractivity contribution in [1.82, 2.24) is 10.2 Å². The van der Waals surface area contributed by atoms with Crippen LogP contribution in [0, 0.1) is 12.7 Å². The number of hydrogen-bond acceptors (Lipinski definition) is 3. The van der Waals surface area contributed by atoms with Gasteiger partial charge in [-0.15, -0.1) is 0 Å². The number of anilines is 1. The quantitative estimate of drug-likeness (QED) is 0.749. The summed E-state index contributed by atoms with van der Waals surface area (Å²) in [6.45, 7) is 4.36. The largest absolute Gasteiger partial charge is 0.480 e. The highest BCUT2D eigenvalue weighted by Gasteiger charge is 2.34. The van der Waals surface area contributed by atoms with Gasteiger partial charge in [0.2, 0.25) is 0 Å². The molecule has 0 bridgehead atoms. The molecule has 0 saturated heterocycles. The molecule has 2 amide bonds. The van der Waals surface area contributed by atoms with E-state index in [1.54, 1.807) is 13.0 Å². The van der Waals surface area contributed by atoms with Gasteiger partial charge in [0, 0.05) is 17.8 Å². The molecular weight excluding hydrogens is 301 g/mol. The summed E-state index contributed by atoms with van der Waals surface area (Å²) >= 11 is 0. The Morgan fingerprint density at radius 3 is 2.61 bits per heavy atom. The van der Waals surface area contributed by atoms with E-state index in [1.165, 1.54) is 12.1 Å². The lowest BCUT2D eigenvalue weighted by atomic mass is 9.85. The van der Waals surface area contributed by atoms with Crippen LogP contribution >= 0.6 is 0 Å². The Balaban J connectivity index is 1.78. The average molecular weight is 323 g/mol. The molecule has 0 radical (unpaired) electrons. The van der Waals surface area contributed by atoms with Crippen LogP contribution in [0.15, 0.2) is 18.2 Å². The molecule has 1 aliphatic carbocycles. The molecule has 2 rings (SSSR count). The monoisotopic (exact) mass is 323 g/mol. The van der Waals surface area contributed by atoms with E-state index >= 15 is 0 Å². The maximum Gasteiger partial charge on any atom is 0.319 e. The second-order valence-corrected chi connectivity index (χ2v) is 5.89. The maximum atomic E-state index is 13.3. The first-order valence-corrected chi connectivity index (χ1v) is 7.68. The fourth-order valence-corrected chi connectivity index (χ4v) is 2.84. The normalized spacial score (nSPS) is 20.0. The highest BCUT2D eigenvalue weighted by Crippen LogP contribution is 2.25. The van der Waals surface area contributed by atoms with E-state index in [-0.39, 0.29) is 24.7 Å². The van der Waals surface area contributed by atoms with Crippen LogP contribution in [0.25, 0.3) is 0 Å². The molecule has 0 aromatic heterocycles. The van der Waals surface area contributed by atoms with Gasteiger partial charge >= 0.3 is 12.0 Å². The number of carbonyl (C=O) groups excluding carboxylic acids is 1. The molecule has 3 N–H and O–H groups in total. The number of carboxylic acids is 1. The molecule has 1 fully saturated rings. The molecule has 1 aliphatic rings. The molecule has 0 unspecified atom stereocenters. The average Bonchev–Trinajstić information content (AvgIpc) is 2.38. The van der Waals surface area contributed by atoms with E-state index in [4.69, 9.17) is 5.11 Å². The summed E-state index contributed by atoms with van der Waals surface area (Å²) in [5.74, 6) is -1.24. The maximum absolute atomic E-state index is 13.3. The van der Waals surface area contributed by atoms with Gasteiger partial charge in [-0.1, -0.05) is 6.92 Å². The lowest BCUT2D eigenvalue weighted by Crippen LogP contribution is -2.55. The number of benzene rings is 1. The minimum Gasteiger partial charge on any atom is -0.480 e. The molecule has 1 saturated carbocycles. The predicted molar refractivity (Wildman–Crippen MR) is 85.0 cm³/mol. The van der Waals surface area contributed by atoms with Crippen LogP contribution in [-0.4, -0.2) is 47.2 Å². The molecule has 0 heterocycles. The summed E-state index contributed by atoms with van der Waals surface area (Å²) < 4.78 is 13.3. The Morgan fingerprint density at radius 1 is 1.35 bits per heavy atom. The fraction of sp³-hybridized carbons (Fsp3) is 0.500. The van der Waals surface area contributed by atoms with Crippen molar-refractivity contribution < 1.29 is 19.1 Å². The minimum absolute atomic E-state index is 0.0116. The zero-order chi connectivity index (χ0) is 17.0. The summed E-state index contributed by atoms with van der Waals surface area (Å²) in [5.41, 5.74) is 1.15. The number of hydrogen-bond donors (Lipinski definition) is 3. The molecular formula is C16H22FN3O3. The number of nitrogens with one attached hydrogen (secondary N) is 2. The standard InChI is InChI=1S/C16H22FN3O3/c1-3-20(9-15(21)22)14-7-13(8-14)19-16(23)18-12-5-10(2)4-11(17)6-12/h4-6,13-14H,3,7-9H2,1-2H3,(H,21,22)(H2,18,19,23). The number of urea groups is 1. The molecule has 1 aromatic rings. The Morgan fingerprint density at radius 2 is 2.04 bits per heavy atom. The second kappa shape index (κ2) is 7.41. The van der Waals surface area contributed by atoms with Gasteiger partial charge in [0.05, 0.1) is 6.54 Å². The van der Waals surface area contributed by atoms with Crippen molar-refractivity contribution in [2.75, 3.05) is 18.4 Å². The highest BCUT2D eigenvalue weighted by molar-refractivity contribution is 5.89. The van der Waals surface area contributed by atoms with Crippen LogP contribution in [-0.2, 0) is 4.79 Å². The van der Waals surface area contributed by atoms with Crippen molar-refractivity contribution >= 4 is 17.7 Å². The number of aliphatic carboxylic acids is 1. The number of amides is 2. The lowest BCUT2D eigenvalue weighted by molar-refractivity contribution is -0.139. The van der Waals surface area contributed by atoms with E-state index in [1.807, 2.05) is 11.8 Å². The smallest absolute Gasteiger partial charge is 0.319 e. The second-order valence-electron chi connectivity index (χ2n) is 5.89. The predicted octanol–water partition coefficient (Wildman–Crippen LogP) is 2.19. The molecule has 126 valence electrons. The number of carboxylic acid groups (broad SMARTS) is 1. The van der Waals surface area contributed by atoms with Crippen molar-refractivity contribution in [3.63, 3.8) is 0 Å². The van der Waals surface area contributed by atoms with Gasteiger partial charge in [0.1, 0.15) is 5.82 Å². The van der Waals surface area contributed by atoms with E-state index in [2.05, 4.69) is 10.6 Å². The van der Waals surface area contributed by atoms with Gasteiger partial charge < -0.3 is 15.7 Å². The molecule has 0 atom stereocenters. The first kappa shape index (κ1) is 17.2. The Kier molecular flexibility index (Phi) is 5.54. The van der Waals surface area contributed by atoms with Gasteiger partial charge in [-0.05, 0) is 50.1 Å². The van der Waals surface area contributed by atoms with Crippen LogP contribution in [0.2, 0.25) is 0 Å². The topological polar surface area (TPSA) is 81.7 Å². The first-order valence-electron chi connectivity index (χ1n) is 7.68. The third-order valence-electron chi connectivity index (χ3n) is 4.01. The molecule has 6 nitrogen and oxygen atoms in total. The summed E-state index contributed by atoms with van der Waals surface area (Å²) in [6.07, 6.45) is 1.44. The first-order chi connectivity index (χ1) is 10.9. The van der Waals surface area contributed by atoms with Gasteiger partial charge in [0.15, 0.2) is 0 Å². The van der Waals surface area contributed by atoms with Gasteiger partial charge in [-0.25, -0.2) is 9.18 Å². The number of halogens is 1. The van der Waals surface area contributed by atoms with Gasteiger partial charge in [-0.2, -0.15) is 0 Å². The summed E-state index contributed by atoms with van der Waals surface area (Å²) in [6, 6.07) is 4.16. The zero-order valence-corrected chi connectivity index (χ0v) is 13.3. The van der Waals surface area contributed by atoms with E-state index in [9.17, 15) is 14.0 Å². The Hall–Kier alpha value is -2.15. The van der Waals surface area contributed by atoms with Crippen LogP contribution in [0.5, 0.6) is 0 Å². The lowest BCUT2D eigenvalue weighted by Gasteiger charge is -2.42. The van der Waals surface area contributed by atoms with Crippen LogP contribution in [0.3, 0.4) is 0 Å². The molecule has 0 spiro atoms. The third-order valence-corrected chi connectivity index (χ3v) is 4.01. The van der Waals surface area contributed by atoms with E-state index < -0.39 is 11.8 Å². The van der Waals surface area contributed by atoms with Crippen molar-refractivity contribution in [3.05, 3.63) is 29.6 Å². The summed E-state index contributed by atoms with van der Waals surface area (Å²) in [7, 11) is 0. The minimum atomic E-state index is -0.845. The Labute approximate surface area is 134 Å². The van der Waals surface area contributed by atoms with Crippen LogP contribution < -0.4 is 10.6 Å². The van der Waals surface area contributed by atoms with Crippen molar-refractivity contribution in [2.24, 2.45) is 0 Å². The highest BCUT2D eigenvalue weighted by atomic mass is 19.1.